The zero-order valence-corrected chi connectivity index (χ0v) is 15.6. The number of aryl methyl sites for hydroxylation is 1. The Hall–Kier alpha value is -1.78. The van der Waals surface area contributed by atoms with Crippen molar-refractivity contribution >= 4 is 34.6 Å². The van der Waals surface area contributed by atoms with Gasteiger partial charge < -0.3 is 15.4 Å². The summed E-state index contributed by atoms with van der Waals surface area (Å²) in [5.74, 6) is 0.917. The smallest absolute Gasteiger partial charge is 0.170 e. The third-order valence-corrected chi connectivity index (χ3v) is 3.82. The van der Waals surface area contributed by atoms with Crippen molar-refractivity contribution in [1.82, 2.24) is 5.32 Å². The second-order valence-corrected chi connectivity index (χ2v) is 6.65. The summed E-state index contributed by atoms with van der Waals surface area (Å²) in [5.41, 5.74) is 2.22. The van der Waals surface area contributed by atoms with Gasteiger partial charge in [0.25, 0.3) is 0 Å². The van der Waals surface area contributed by atoms with Gasteiger partial charge in [0, 0.05) is 17.3 Å². The number of benzene rings is 2. The van der Waals surface area contributed by atoms with Gasteiger partial charge in [-0.1, -0.05) is 23.7 Å². The average molecular weight is 363 g/mol. The molecule has 0 amide bonds. The molecule has 24 heavy (non-hydrogen) atoms. The molecule has 5 heteroatoms. The number of ether oxygens (including phenoxy) is 1. The fourth-order valence-electron chi connectivity index (χ4n) is 2.21. The molecule has 2 aromatic carbocycles. The maximum absolute atomic E-state index is 5.86. The third kappa shape index (κ3) is 6.77. The van der Waals surface area contributed by atoms with Crippen LogP contribution in [-0.2, 0) is 6.42 Å². The molecule has 2 rings (SSSR count). The highest BCUT2D eigenvalue weighted by molar-refractivity contribution is 7.80. The monoisotopic (exact) mass is 362 g/mol. The molecule has 0 spiro atoms. The van der Waals surface area contributed by atoms with E-state index in [0.29, 0.717) is 10.1 Å². The van der Waals surface area contributed by atoms with E-state index in [4.69, 9.17) is 28.6 Å². The third-order valence-electron chi connectivity index (χ3n) is 3.33. The first kappa shape index (κ1) is 18.6. The fourth-order valence-corrected chi connectivity index (χ4v) is 2.56. The molecule has 3 nitrogen and oxygen atoms in total. The van der Waals surface area contributed by atoms with Gasteiger partial charge in [0.15, 0.2) is 5.11 Å². The van der Waals surface area contributed by atoms with Gasteiger partial charge in [-0.15, -0.1) is 0 Å². The second kappa shape index (κ2) is 9.50. The van der Waals surface area contributed by atoms with E-state index in [1.165, 1.54) is 5.56 Å². The maximum Gasteiger partial charge on any atom is 0.170 e. The van der Waals surface area contributed by atoms with Crippen molar-refractivity contribution in [3.63, 3.8) is 0 Å². The molecule has 0 aromatic heterocycles. The number of hydrogen-bond donors (Lipinski definition) is 2. The van der Waals surface area contributed by atoms with E-state index in [-0.39, 0.29) is 6.10 Å². The van der Waals surface area contributed by atoms with Crippen LogP contribution in [-0.4, -0.2) is 17.8 Å². The lowest BCUT2D eigenvalue weighted by Crippen LogP contribution is -2.29. The summed E-state index contributed by atoms with van der Waals surface area (Å²) in [5, 5.41) is 7.69. The molecular formula is C19H23ClN2OS. The van der Waals surface area contributed by atoms with Crippen molar-refractivity contribution in [3.8, 4) is 5.75 Å². The number of thiocarbonyl (C=S) groups is 1. The van der Waals surface area contributed by atoms with Gasteiger partial charge in [-0.25, -0.2) is 0 Å². The highest BCUT2D eigenvalue weighted by Gasteiger charge is 2.00. The molecule has 128 valence electrons. The first-order chi connectivity index (χ1) is 11.5. The molecule has 0 radical (unpaired) electrons. The van der Waals surface area contributed by atoms with Crippen LogP contribution in [0.4, 0.5) is 5.69 Å². The van der Waals surface area contributed by atoms with E-state index in [1.807, 2.05) is 50.2 Å². The Balaban J connectivity index is 1.66. The van der Waals surface area contributed by atoms with Gasteiger partial charge in [0.2, 0.25) is 0 Å². The van der Waals surface area contributed by atoms with Crippen LogP contribution in [0.1, 0.15) is 25.8 Å². The summed E-state index contributed by atoms with van der Waals surface area (Å²) in [6, 6.07) is 15.7. The minimum atomic E-state index is 0.203. The predicted octanol–water partition coefficient (Wildman–Crippen LogP) is 5.05. The minimum Gasteiger partial charge on any atom is -0.491 e. The lowest BCUT2D eigenvalue weighted by molar-refractivity contribution is 0.242. The molecular weight excluding hydrogens is 340 g/mol. The maximum atomic E-state index is 5.86. The molecule has 0 saturated heterocycles. The average Bonchev–Trinajstić information content (AvgIpc) is 2.55. The zero-order valence-electron chi connectivity index (χ0n) is 14.0. The van der Waals surface area contributed by atoms with E-state index >= 15 is 0 Å². The number of rotatable bonds is 7. The molecule has 0 aliphatic heterocycles. The van der Waals surface area contributed by atoms with Crippen LogP contribution in [0, 0.1) is 0 Å². The normalized spacial score (nSPS) is 10.5. The standard InChI is InChI=1S/C19H23ClN2OS/c1-14(2)23-18-11-5-15(6-12-18)4-3-13-21-19(24)22-17-9-7-16(20)8-10-17/h5-12,14H,3-4,13H2,1-2H3,(H2,21,22,24). The van der Waals surface area contributed by atoms with Gasteiger partial charge in [0.05, 0.1) is 6.10 Å². The molecule has 2 aromatic rings. The van der Waals surface area contributed by atoms with E-state index in [1.54, 1.807) is 0 Å². The summed E-state index contributed by atoms with van der Waals surface area (Å²) >= 11 is 11.1. The van der Waals surface area contributed by atoms with Crippen LogP contribution in [0.2, 0.25) is 5.02 Å². The fraction of sp³-hybridized carbons (Fsp3) is 0.316. The first-order valence-electron chi connectivity index (χ1n) is 8.09. The topological polar surface area (TPSA) is 33.3 Å². The summed E-state index contributed by atoms with van der Waals surface area (Å²) < 4.78 is 5.64. The predicted molar refractivity (Wildman–Crippen MR) is 106 cm³/mol. The number of nitrogens with one attached hydrogen (secondary N) is 2. The van der Waals surface area contributed by atoms with Gasteiger partial charge in [0.1, 0.15) is 5.75 Å². The van der Waals surface area contributed by atoms with Crippen LogP contribution < -0.4 is 15.4 Å². The van der Waals surface area contributed by atoms with Gasteiger partial charge in [-0.2, -0.15) is 0 Å². The van der Waals surface area contributed by atoms with E-state index in [9.17, 15) is 0 Å². The number of anilines is 1. The van der Waals surface area contributed by atoms with Gasteiger partial charge in [-0.05, 0) is 80.9 Å². The largest absolute Gasteiger partial charge is 0.491 e. The van der Waals surface area contributed by atoms with Gasteiger partial charge >= 0.3 is 0 Å². The number of halogens is 1. The molecule has 0 unspecified atom stereocenters. The molecule has 0 bridgehead atoms. The minimum absolute atomic E-state index is 0.203. The Morgan fingerprint density at radius 3 is 2.38 bits per heavy atom. The molecule has 0 aliphatic carbocycles. The second-order valence-electron chi connectivity index (χ2n) is 5.80. The van der Waals surface area contributed by atoms with Crippen molar-refractivity contribution in [2.75, 3.05) is 11.9 Å². The van der Waals surface area contributed by atoms with Crippen LogP contribution in [0.25, 0.3) is 0 Å². The van der Waals surface area contributed by atoms with E-state index in [2.05, 4.69) is 22.8 Å². The Morgan fingerprint density at radius 1 is 1.08 bits per heavy atom. The lowest BCUT2D eigenvalue weighted by atomic mass is 10.1. The van der Waals surface area contributed by atoms with Crippen LogP contribution >= 0.6 is 23.8 Å². The quantitative estimate of drug-likeness (QED) is 0.533. The highest BCUT2D eigenvalue weighted by Crippen LogP contribution is 2.15. The molecule has 0 atom stereocenters. The van der Waals surface area contributed by atoms with E-state index < -0.39 is 0 Å². The van der Waals surface area contributed by atoms with Crippen LogP contribution in [0.3, 0.4) is 0 Å². The van der Waals surface area contributed by atoms with E-state index in [0.717, 1.165) is 30.8 Å². The van der Waals surface area contributed by atoms with Gasteiger partial charge in [-0.3, -0.25) is 0 Å². The summed E-state index contributed by atoms with van der Waals surface area (Å²) in [4.78, 5) is 0. The Bertz CT molecular complexity index is 641. The molecule has 0 aliphatic rings. The SMILES string of the molecule is CC(C)Oc1ccc(CCCNC(=S)Nc2ccc(Cl)cc2)cc1. The van der Waals surface area contributed by atoms with Crippen molar-refractivity contribution in [1.29, 1.82) is 0 Å². The summed E-state index contributed by atoms with van der Waals surface area (Å²) in [6.45, 7) is 4.88. The first-order valence-corrected chi connectivity index (χ1v) is 8.87. The summed E-state index contributed by atoms with van der Waals surface area (Å²) in [7, 11) is 0. The van der Waals surface area contributed by atoms with Crippen LogP contribution in [0.5, 0.6) is 5.75 Å². The Labute approximate surface area is 154 Å². The van der Waals surface area contributed by atoms with Crippen molar-refractivity contribution in [3.05, 3.63) is 59.1 Å². The van der Waals surface area contributed by atoms with Crippen LogP contribution in [0.15, 0.2) is 48.5 Å². The molecule has 0 saturated carbocycles. The molecule has 0 fully saturated rings. The Morgan fingerprint density at radius 2 is 1.75 bits per heavy atom. The zero-order chi connectivity index (χ0) is 17.4. The number of hydrogen-bond acceptors (Lipinski definition) is 2. The highest BCUT2D eigenvalue weighted by atomic mass is 35.5. The van der Waals surface area contributed by atoms with Crippen molar-refractivity contribution in [2.24, 2.45) is 0 Å². The van der Waals surface area contributed by atoms with Crippen molar-refractivity contribution in [2.45, 2.75) is 32.8 Å². The molecule has 2 N–H and O–H groups in total. The van der Waals surface area contributed by atoms with Crippen molar-refractivity contribution < 1.29 is 4.74 Å². The Kier molecular flexibility index (Phi) is 7.35. The molecule has 0 heterocycles. The lowest BCUT2D eigenvalue weighted by Gasteiger charge is -2.11. The summed E-state index contributed by atoms with van der Waals surface area (Å²) in [6.07, 6.45) is 2.21.